The van der Waals surface area contributed by atoms with Crippen LogP contribution in [0.2, 0.25) is 0 Å². The zero-order valence-electron chi connectivity index (χ0n) is 35.6. The highest BCUT2D eigenvalue weighted by Crippen LogP contribution is 2.63. The van der Waals surface area contributed by atoms with Crippen molar-refractivity contribution in [3.8, 4) is 56.0 Å². The van der Waals surface area contributed by atoms with Crippen LogP contribution in [-0.4, -0.2) is 0 Å². The Morgan fingerprint density at radius 2 is 0.700 bits per heavy atom. The van der Waals surface area contributed by atoms with Gasteiger partial charge in [0.2, 0.25) is 0 Å². The molecule has 2 nitrogen and oxygen atoms in total. The second kappa shape index (κ2) is 10.9. The van der Waals surface area contributed by atoms with Crippen LogP contribution in [-0.2, 0) is 21.7 Å². The summed E-state index contributed by atoms with van der Waals surface area (Å²) in [6.45, 7) is 19.1. The average molecular weight is 774 g/mol. The second-order valence-corrected chi connectivity index (χ2v) is 20.1. The summed E-state index contributed by atoms with van der Waals surface area (Å²) in [4.78, 5) is 2.55. The first kappa shape index (κ1) is 34.5. The first-order valence-corrected chi connectivity index (χ1v) is 21.7. The van der Waals surface area contributed by atoms with E-state index in [1.165, 1.54) is 105 Å². The van der Waals surface area contributed by atoms with Crippen LogP contribution in [0.1, 0.15) is 99.9 Å². The fraction of sp³-hybridized carbons (Fsp3) is 0.207. The highest BCUT2D eigenvalue weighted by Gasteiger charge is 2.45. The van der Waals surface area contributed by atoms with Crippen LogP contribution < -0.4 is 9.64 Å². The molecule has 0 atom stereocenters. The van der Waals surface area contributed by atoms with Gasteiger partial charge in [-0.05, 0) is 137 Å². The summed E-state index contributed by atoms with van der Waals surface area (Å²) in [5.41, 5.74) is 24.4. The van der Waals surface area contributed by atoms with E-state index >= 15 is 0 Å². The third-order valence-electron chi connectivity index (χ3n) is 15.6. The van der Waals surface area contributed by atoms with Gasteiger partial charge in [-0.3, -0.25) is 0 Å². The number of fused-ring (bicyclic) bond motifs is 16. The SMILES string of the molecule is CC1(C)c2ccccc2-c2cc3c(cc21)Oc1cc2c(cc1N3c1cc3c(c4ccccc14)-c1cc4c(cc1C3(C)C)-c1ccccc1C4(C)C)-c1ccccc1C2(C)C. The van der Waals surface area contributed by atoms with Gasteiger partial charge in [0, 0.05) is 27.0 Å². The van der Waals surface area contributed by atoms with Crippen molar-refractivity contribution < 1.29 is 4.74 Å². The summed E-state index contributed by atoms with van der Waals surface area (Å²) in [6.07, 6.45) is 0. The van der Waals surface area contributed by atoms with Gasteiger partial charge in [0.05, 0.1) is 17.1 Å². The Kier molecular flexibility index (Phi) is 6.24. The Morgan fingerprint density at radius 3 is 1.22 bits per heavy atom. The molecule has 2 heteroatoms. The van der Waals surface area contributed by atoms with Gasteiger partial charge >= 0.3 is 0 Å². The summed E-state index contributed by atoms with van der Waals surface area (Å²) in [5.74, 6) is 1.81. The van der Waals surface area contributed by atoms with Crippen molar-refractivity contribution in [3.63, 3.8) is 0 Å². The molecule has 60 heavy (non-hydrogen) atoms. The van der Waals surface area contributed by atoms with E-state index in [0.717, 1.165) is 22.9 Å². The highest BCUT2D eigenvalue weighted by atomic mass is 16.5. The van der Waals surface area contributed by atoms with Crippen LogP contribution in [0.3, 0.4) is 0 Å². The van der Waals surface area contributed by atoms with Crippen molar-refractivity contribution >= 4 is 27.8 Å². The molecule has 290 valence electrons. The molecule has 0 saturated heterocycles. The molecule has 0 amide bonds. The largest absolute Gasteiger partial charge is 0.453 e. The molecule has 5 aliphatic rings. The topological polar surface area (TPSA) is 12.5 Å². The summed E-state index contributed by atoms with van der Waals surface area (Å²) < 4.78 is 7.21. The fourth-order valence-corrected chi connectivity index (χ4v) is 12.4. The number of hydrogen-bond acceptors (Lipinski definition) is 2. The lowest BCUT2D eigenvalue weighted by molar-refractivity contribution is 0.473. The standard InChI is InChI=1S/C58H47NO/c1-55(2)41-22-14-11-17-32(41)37-25-45-40(26-44(37)55)54-36-21-10-9-20-35(36)49(29-48(54)58(45,7)8)59-50-27-38-33-18-12-15-23-42(33)56(3,4)46(38)30-52(50)60-53-31-47-39(28-51(53)59)34-19-13-16-24-43(34)57(47,5)6/h9-31H,1-8H3. The minimum atomic E-state index is -0.236. The molecular formula is C58H47NO. The van der Waals surface area contributed by atoms with Gasteiger partial charge in [-0.15, -0.1) is 0 Å². The van der Waals surface area contributed by atoms with Crippen molar-refractivity contribution in [1.82, 2.24) is 0 Å². The second-order valence-electron chi connectivity index (χ2n) is 20.1. The van der Waals surface area contributed by atoms with Crippen LogP contribution >= 0.6 is 0 Å². The van der Waals surface area contributed by atoms with Crippen LogP contribution in [0.25, 0.3) is 55.3 Å². The molecule has 0 N–H and O–H groups in total. The molecule has 4 aliphatic carbocycles. The molecule has 0 bridgehead atoms. The van der Waals surface area contributed by atoms with Crippen LogP contribution in [0.5, 0.6) is 11.5 Å². The smallest absolute Gasteiger partial charge is 0.151 e. The predicted molar refractivity (Wildman–Crippen MR) is 249 cm³/mol. The molecule has 0 saturated carbocycles. The third kappa shape index (κ3) is 4.01. The van der Waals surface area contributed by atoms with Crippen LogP contribution in [0.4, 0.5) is 17.1 Å². The average Bonchev–Trinajstić information content (AvgIpc) is 3.80. The van der Waals surface area contributed by atoms with Gasteiger partial charge in [0.25, 0.3) is 0 Å². The first-order chi connectivity index (χ1) is 28.8. The van der Waals surface area contributed by atoms with Crippen LogP contribution in [0.15, 0.2) is 140 Å². The predicted octanol–water partition coefficient (Wildman–Crippen LogP) is 15.6. The maximum atomic E-state index is 7.21. The Bertz CT molecular complexity index is 3190. The Morgan fingerprint density at radius 1 is 0.317 bits per heavy atom. The molecule has 8 aromatic rings. The number of ether oxygens (including phenoxy) is 1. The molecule has 13 rings (SSSR count). The van der Waals surface area contributed by atoms with E-state index in [0.29, 0.717) is 0 Å². The van der Waals surface area contributed by atoms with E-state index in [4.69, 9.17) is 4.74 Å². The zero-order valence-corrected chi connectivity index (χ0v) is 35.6. The lowest BCUT2D eigenvalue weighted by Crippen LogP contribution is -2.21. The normalized spacial score (nSPS) is 17.6. The van der Waals surface area contributed by atoms with Crippen molar-refractivity contribution in [2.75, 3.05) is 4.90 Å². The van der Waals surface area contributed by atoms with Crippen molar-refractivity contribution in [2.24, 2.45) is 0 Å². The van der Waals surface area contributed by atoms with Gasteiger partial charge in [0.1, 0.15) is 0 Å². The molecule has 0 unspecified atom stereocenters. The van der Waals surface area contributed by atoms with Crippen molar-refractivity contribution in [2.45, 2.75) is 77.0 Å². The fourth-order valence-electron chi connectivity index (χ4n) is 12.4. The van der Waals surface area contributed by atoms with Crippen LogP contribution in [0, 0.1) is 0 Å². The molecule has 1 heterocycles. The van der Waals surface area contributed by atoms with Crippen molar-refractivity contribution in [1.29, 1.82) is 0 Å². The van der Waals surface area contributed by atoms with E-state index < -0.39 is 0 Å². The first-order valence-electron chi connectivity index (χ1n) is 21.7. The maximum absolute atomic E-state index is 7.21. The number of hydrogen-bond donors (Lipinski definition) is 0. The number of nitrogens with zero attached hydrogens (tertiary/aromatic N) is 1. The molecule has 0 spiro atoms. The molecule has 1 aliphatic heterocycles. The minimum absolute atomic E-state index is 0.0777. The number of anilines is 3. The van der Waals surface area contributed by atoms with Crippen molar-refractivity contribution in [3.05, 3.63) is 184 Å². The molecular weight excluding hydrogens is 727 g/mol. The van der Waals surface area contributed by atoms with E-state index in [-0.39, 0.29) is 21.7 Å². The minimum Gasteiger partial charge on any atom is -0.453 e. The van der Waals surface area contributed by atoms with E-state index in [1.54, 1.807) is 0 Å². The quantitative estimate of drug-likeness (QED) is 0.165. The zero-order chi connectivity index (χ0) is 40.8. The Hall–Kier alpha value is -6.38. The Labute approximate surface area is 353 Å². The van der Waals surface area contributed by atoms with Gasteiger partial charge in [-0.2, -0.15) is 0 Å². The molecule has 0 fully saturated rings. The highest BCUT2D eigenvalue weighted by molar-refractivity contribution is 6.12. The van der Waals surface area contributed by atoms with Gasteiger partial charge in [-0.25, -0.2) is 0 Å². The van der Waals surface area contributed by atoms with E-state index in [9.17, 15) is 0 Å². The van der Waals surface area contributed by atoms with Gasteiger partial charge < -0.3 is 9.64 Å². The molecule has 0 aromatic heterocycles. The maximum Gasteiger partial charge on any atom is 0.151 e. The monoisotopic (exact) mass is 773 g/mol. The summed E-state index contributed by atoms with van der Waals surface area (Å²) in [5, 5.41) is 2.53. The summed E-state index contributed by atoms with van der Waals surface area (Å²) in [7, 11) is 0. The van der Waals surface area contributed by atoms with Gasteiger partial charge in [-0.1, -0.05) is 152 Å². The van der Waals surface area contributed by atoms with E-state index in [1.807, 2.05) is 0 Å². The number of rotatable bonds is 1. The third-order valence-corrected chi connectivity index (χ3v) is 15.6. The van der Waals surface area contributed by atoms with E-state index in [2.05, 4.69) is 200 Å². The lowest BCUT2D eigenvalue weighted by Gasteiger charge is -2.36. The summed E-state index contributed by atoms with van der Waals surface area (Å²) in [6, 6.07) is 53.3. The van der Waals surface area contributed by atoms with Gasteiger partial charge in [0.15, 0.2) is 11.5 Å². The summed E-state index contributed by atoms with van der Waals surface area (Å²) >= 11 is 0. The molecule has 8 aromatic carbocycles. The number of benzene rings is 8. The lowest BCUT2D eigenvalue weighted by atomic mass is 9.79. The molecule has 0 radical (unpaired) electrons. The Balaban J connectivity index is 1.10.